The quantitative estimate of drug-likeness (QED) is 0.933. The molecule has 0 radical (unpaired) electrons. The number of rotatable bonds is 3. The molecular formula is C13H16N4O2S. The van der Waals surface area contributed by atoms with E-state index >= 15 is 0 Å². The first-order valence-corrected chi connectivity index (χ1v) is 7.41. The third-order valence-corrected chi connectivity index (χ3v) is 4.31. The number of nitrogens with zero attached hydrogens (tertiary/aromatic N) is 3. The summed E-state index contributed by atoms with van der Waals surface area (Å²) in [6.07, 6.45) is 2.73. The minimum atomic E-state index is -0.104. The van der Waals surface area contributed by atoms with Crippen LogP contribution >= 0.6 is 11.3 Å². The maximum Gasteiger partial charge on any atom is 0.257 e. The van der Waals surface area contributed by atoms with Gasteiger partial charge in [0.2, 0.25) is 0 Å². The standard InChI is InChI=1S/C13H16N4O2S/c1-8-11(9(2)19-16-8)12(18)15-10-3-5-17(7-10)13-14-4-6-20-13/h4,6,10H,3,5,7H2,1-2H3,(H,15,18)/t10-/m0/s1. The molecule has 0 aliphatic carbocycles. The fourth-order valence-corrected chi connectivity index (χ4v) is 3.17. The molecule has 1 aliphatic heterocycles. The monoisotopic (exact) mass is 292 g/mol. The minimum absolute atomic E-state index is 0.104. The summed E-state index contributed by atoms with van der Waals surface area (Å²) in [5.74, 6) is 0.460. The van der Waals surface area contributed by atoms with Gasteiger partial charge in [-0.2, -0.15) is 0 Å². The van der Waals surface area contributed by atoms with E-state index in [0.29, 0.717) is 17.0 Å². The Bertz CT molecular complexity index is 588. The highest BCUT2D eigenvalue weighted by atomic mass is 32.1. The second kappa shape index (κ2) is 5.24. The van der Waals surface area contributed by atoms with Gasteiger partial charge in [-0.3, -0.25) is 4.79 Å². The first-order chi connectivity index (χ1) is 9.65. The third kappa shape index (κ3) is 2.40. The van der Waals surface area contributed by atoms with E-state index in [1.165, 1.54) is 0 Å². The molecule has 0 unspecified atom stereocenters. The van der Waals surface area contributed by atoms with Gasteiger partial charge in [0.1, 0.15) is 11.3 Å². The fraction of sp³-hybridized carbons (Fsp3) is 0.462. The summed E-state index contributed by atoms with van der Waals surface area (Å²) in [7, 11) is 0. The van der Waals surface area contributed by atoms with Crippen molar-refractivity contribution >= 4 is 22.4 Å². The van der Waals surface area contributed by atoms with E-state index in [0.717, 1.165) is 24.6 Å². The van der Waals surface area contributed by atoms with Gasteiger partial charge in [0.05, 0.1) is 5.69 Å². The lowest BCUT2D eigenvalue weighted by atomic mass is 10.1. The number of nitrogens with one attached hydrogen (secondary N) is 1. The number of anilines is 1. The molecule has 1 fully saturated rings. The zero-order valence-corrected chi connectivity index (χ0v) is 12.2. The molecule has 1 amide bonds. The van der Waals surface area contributed by atoms with Crippen LogP contribution in [0.5, 0.6) is 0 Å². The van der Waals surface area contributed by atoms with Crippen molar-refractivity contribution in [3.63, 3.8) is 0 Å². The van der Waals surface area contributed by atoms with Gasteiger partial charge >= 0.3 is 0 Å². The van der Waals surface area contributed by atoms with Gasteiger partial charge in [0, 0.05) is 30.7 Å². The average molecular weight is 292 g/mol. The molecule has 2 aromatic rings. The Morgan fingerprint density at radius 2 is 2.40 bits per heavy atom. The normalized spacial score (nSPS) is 18.5. The van der Waals surface area contributed by atoms with Gasteiger partial charge in [-0.1, -0.05) is 5.16 Å². The SMILES string of the molecule is Cc1noc(C)c1C(=O)N[C@H]1CCN(c2nccs2)C1. The topological polar surface area (TPSA) is 71.3 Å². The number of hydrogen-bond donors (Lipinski definition) is 1. The van der Waals surface area contributed by atoms with Crippen LogP contribution in [0.4, 0.5) is 5.13 Å². The highest BCUT2D eigenvalue weighted by Crippen LogP contribution is 2.22. The minimum Gasteiger partial charge on any atom is -0.361 e. The Hall–Kier alpha value is -1.89. The molecule has 7 heteroatoms. The molecule has 0 saturated carbocycles. The van der Waals surface area contributed by atoms with Crippen molar-refractivity contribution in [2.24, 2.45) is 0 Å². The van der Waals surface area contributed by atoms with Crippen molar-refractivity contribution in [3.05, 3.63) is 28.6 Å². The van der Waals surface area contributed by atoms with Crippen molar-refractivity contribution in [1.82, 2.24) is 15.5 Å². The molecule has 1 N–H and O–H groups in total. The van der Waals surface area contributed by atoms with Crippen molar-refractivity contribution in [2.45, 2.75) is 26.3 Å². The first kappa shape index (κ1) is 13.1. The second-order valence-corrected chi connectivity index (χ2v) is 5.79. The van der Waals surface area contributed by atoms with Crippen molar-refractivity contribution < 1.29 is 9.32 Å². The Morgan fingerprint density at radius 1 is 1.55 bits per heavy atom. The molecule has 106 valence electrons. The van der Waals surface area contributed by atoms with Crippen molar-refractivity contribution in [1.29, 1.82) is 0 Å². The molecular weight excluding hydrogens is 276 g/mol. The first-order valence-electron chi connectivity index (χ1n) is 6.53. The molecule has 3 heterocycles. The Kier molecular flexibility index (Phi) is 3.43. The highest BCUT2D eigenvalue weighted by molar-refractivity contribution is 7.13. The largest absolute Gasteiger partial charge is 0.361 e. The fourth-order valence-electron chi connectivity index (χ4n) is 2.49. The van der Waals surface area contributed by atoms with E-state index < -0.39 is 0 Å². The summed E-state index contributed by atoms with van der Waals surface area (Å²) in [5, 5.41) is 9.84. The smallest absolute Gasteiger partial charge is 0.257 e. The number of thiazole rings is 1. The van der Waals surface area contributed by atoms with E-state index in [2.05, 4.69) is 20.4 Å². The lowest BCUT2D eigenvalue weighted by Crippen LogP contribution is -2.37. The summed E-state index contributed by atoms with van der Waals surface area (Å²) in [6, 6.07) is 0.139. The van der Waals surface area contributed by atoms with Crippen LogP contribution < -0.4 is 10.2 Å². The van der Waals surface area contributed by atoms with Crippen LogP contribution in [0.15, 0.2) is 16.1 Å². The zero-order valence-electron chi connectivity index (χ0n) is 11.4. The van der Waals surface area contributed by atoms with Crippen LogP contribution in [0, 0.1) is 13.8 Å². The van der Waals surface area contributed by atoms with Gasteiger partial charge in [-0.25, -0.2) is 4.98 Å². The summed E-state index contributed by atoms with van der Waals surface area (Å²) in [5.41, 5.74) is 1.19. The summed E-state index contributed by atoms with van der Waals surface area (Å²) in [6.45, 7) is 5.25. The summed E-state index contributed by atoms with van der Waals surface area (Å²) in [4.78, 5) is 18.7. The molecule has 0 spiro atoms. The van der Waals surface area contributed by atoms with Gasteiger partial charge < -0.3 is 14.7 Å². The molecule has 0 aromatic carbocycles. The van der Waals surface area contributed by atoms with Crippen LogP contribution in [0.3, 0.4) is 0 Å². The van der Waals surface area contributed by atoms with Crippen LogP contribution in [0.1, 0.15) is 28.2 Å². The van der Waals surface area contributed by atoms with E-state index in [9.17, 15) is 4.79 Å². The third-order valence-electron chi connectivity index (χ3n) is 3.47. The maximum atomic E-state index is 12.3. The lowest BCUT2D eigenvalue weighted by Gasteiger charge is -2.15. The van der Waals surface area contributed by atoms with Crippen LogP contribution in [-0.2, 0) is 0 Å². The summed E-state index contributed by atoms with van der Waals surface area (Å²) >= 11 is 1.62. The maximum absolute atomic E-state index is 12.3. The van der Waals surface area contributed by atoms with E-state index in [1.54, 1.807) is 31.4 Å². The number of hydrogen-bond acceptors (Lipinski definition) is 6. The van der Waals surface area contributed by atoms with Gasteiger partial charge in [0.25, 0.3) is 5.91 Å². The Balaban J connectivity index is 1.64. The van der Waals surface area contributed by atoms with Crippen LogP contribution in [-0.4, -0.2) is 35.2 Å². The van der Waals surface area contributed by atoms with E-state index in [4.69, 9.17) is 4.52 Å². The predicted octanol–water partition coefficient (Wildman–Crippen LogP) is 1.76. The Labute approximate surface area is 120 Å². The Morgan fingerprint density at radius 3 is 3.05 bits per heavy atom. The highest BCUT2D eigenvalue weighted by Gasteiger charge is 2.27. The molecule has 2 aromatic heterocycles. The number of aryl methyl sites for hydroxylation is 2. The van der Waals surface area contributed by atoms with Gasteiger partial charge in [-0.15, -0.1) is 11.3 Å². The van der Waals surface area contributed by atoms with E-state index in [-0.39, 0.29) is 11.9 Å². The van der Waals surface area contributed by atoms with Gasteiger partial charge in [0.15, 0.2) is 5.13 Å². The number of amides is 1. The number of aromatic nitrogens is 2. The summed E-state index contributed by atoms with van der Waals surface area (Å²) < 4.78 is 5.03. The lowest BCUT2D eigenvalue weighted by molar-refractivity contribution is 0.0938. The van der Waals surface area contributed by atoms with Crippen LogP contribution in [0.2, 0.25) is 0 Å². The zero-order chi connectivity index (χ0) is 14.1. The molecule has 0 bridgehead atoms. The average Bonchev–Trinajstić information content (AvgIpc) is 3.10. The van der Waals surface area contributed by atoms with Gasteiger partial charge in [-0.05, 0) is 20.3 Å². The molecule has 3 rings (SSSR count). The van der Waals surface area contributed by atoms with Crippen LogP contribution in [0.25, 0.3) is 0 Å². The molecule has 6 nitrogen and oxygen atoms in total. The predicted molar refractivity (Wildman–Crippen MR) is 76.2 cm³/mol. The molecule has 1 saturated heterocycles. The molecule has 20 heavy (non-hydrogen) atoms. The molecule has 1 aliphatic rings. The molecule has 1 atom stereocenters. The van der Waals surface area contributed by atoms with Crippen molar-refractivity contribution in [2.75, 3.05) is 18.0 Å². The van der Waals surface area contributed by atoms with E-state index in [1.807, 2.05) is 5.38 Å². The number of carbonyl (C=O) groups excluding carboxylic acids is 1. The van der Waals surface area contributed by atoms with Crippen molar-refractivity contribution in [3.8, 4) is 0 Å². The number of carbonyl (C=O) groups is 1. The second-order valence-electron chi connectivity index (χ2n) is 4.92.